The van der Waals surface area contributed by atoms with Gasteiger partial charge < -0.3 is 0 Å². The lowest BCUT2D eigenvalue weighted by molar-refractivity contribution is 0.660. The van der Waals surface area contributed by atoms with E-state index >= 15 is 0 Å². The van der Waals surface area contributed by atoms with Crippen molar-refractivity contribution < 1.29 is 0 Å². The van der Waals surface area contributed by atoms with Crippen molar-refractivity contribution in [3.8, 4) is 55.9 Å². The van der Waals surface area contributed by atoms with Crippen LogP contribution in [-0.2, 0) is 5.41 Å². The third-order valence-corrected chi connectivity index (χ3v) is 9.65. The van der Waals surface area contributed by atoms with Crippen molar-refractivity contribution in [3.05, 3.63) is 157 Å². The zero-order valence-corrected chi connectivity index (χ0v) is 26.1. The molecule has 1 aliphatic carbocycles. The first-order valence-corrected chi connectivity index (χ1v) is 16.0. The maximum Gasteiger partial charge on any atom is 0.0978 e. The lowest BCUT2D eigenvalue weighted by atomic mass is 9.82. The molecular formula is C43H30N4. The Kier molecular flexibility index (Phi) is 6.12. The van der Waals surface area contributed by atoms with Crippen LogP contribution in [0.1, 0.15) is 25.0 Å². The SMILES string of the molecule is CC1(C)c2ccccc2-c2ccc(-c3cc(-c4cccnc4)c4ccc5c(-c6cccnc6)cc(-c6ccccc6)nc5c4n3)cc21. The molecule has 4 aromatic heterocycles. The predicted molar refractivity (Wildman–Crippen MR) is 192 cm³/mol. The average molecular weight is 603 g/mol. The Balaban J connectivity index is 1.35. The van der Waals surface area contributed by atoms with Crippen molar-refractivity contribution in [2.45, 2.75) is 19.3 Å². The molecule has 1 aliphatic rings. The molecular weight excluding hydrogens is 573 g/mol. The molecule has 0 radical (unpaired) electrons. The second-order valence-corrected chi connectivity index (χ2v) is 12.7. The molecule has 0 amide bonds. The summed E-state index contributed by atoms with van der Waals surface area (Å²) in [6, 6.07) is 42.9. The number of hydrogen-bond acceptors (Lipinski definition) is 4. The second kappa shape index (κ2) is 10.5. The average Bonchev–Trinajstić information content (AvgIpc) is 3.37. The molecule has 4 heteroatoms. The number of benzene rings is 4. The van der Waals surface area contributed by atoms with Crippen molar-refractivity contribution in [1.29, 1.82) is 0 Å². The van der Waals surface area contributed by atoms with E-state index in [1.54, 1.807) is 0 Å². The zero-order valence-electron chi connectivity index (χ0n) is 26.1. The second-order valence-electron chi connectivity index (χ2n) is 12.7. The van der Waals surface area contributed by atoms with Crippen LogP contribution in [0.5, 0.6) is 0 Å². The normalized spacial score (nSPS) is 13.1. The third-order valence-electron chi connectivity index (χ3n) is 9.65. The minimum absolute atomic E-state index is 0.109. The standard InChI is InChI=1S/C43H30N4/c1-43(2)37-15-7-6-14-31(37)32-17-16-28(22-38(32)43)40-24-36(30-13-9-21-45-26-30)34-19-18-33-35(29-12-8-20-44-25-29)23-39(27-10-4-3-5-11-27)46-41(33)42(34)47-40/h3-26H,1-2H3. The Morgan fingerprint density at radius 2 is 0.979 bits per heavy atom. The fourth-order valence-corrected chi connectivity index (χ4v) is 7.27. The first kappa shape index (κ1) is 27.3. The Bertz CT molecular complexity index is 2470. The van der Waals surface area contributed by atoms with E-state index in [-0.39, 0.29) is 5.41 Å². The predicted octanol–water partition coefficient (Wildman–Crippen LogP) is 10.5. The molecule has 0 N–H and O–H groups in total. The minimum atomic E-state index is -0.109. The van der Waals surface area contributed by atoms with E-state index in [9.17, 15) is 0 Å². The Morgan fingerprint density at radius 1 is 0.426 bits per heavy atom. The summed E-state index contributed by atoms with van der Waals surface area (Å²) >= 11 is 0. The number of rotatable bonds is 4. The fourth-order valence-electron chi connectivity index (χ4n) is 7.27. The summed E-state index contributed by atoms with van der Waals surface area (Å²) < 4.78 is 0. The van der Waals surface area contributed by atoms with Crippen molar-refractivity contribution >= 4 is 21.8 Å². The van der Waals surface area contributed by atoms with Gasteiger partial charge >= 0.3 is 0 Å². The molecule has 0 spiro atoms. The molecule has 0 saturated heterocycles. The lowest BCUT2D eigenvalue weighted by Crippen LogP contribution is -2.14. The molecule has 222 valence electrons. The van der Waals surface area contributed by atoms with Crippen LogP contribution in [0.15, 0.2) is 146 Å². The molecule has 4 aromatic carbocycles. The van der Waals surface area contributed by atoms with Crippen LogP contribution < -0.4 is 0 Å². The largest absolute Gasteiger partial charge is 0.264 e. The van der Waals surface area contributed by atoms with Gasteiger partial charge in [-0.25, -0.2) is 9.97 Å². The van der Waals surface area contributed by atoms with Gasteiger partial charge in [0.05, 0.1) is 22.4 Å². The summed E-state index contributed by atoms with van der Waals surface area (Å²) in [4.78, 5) is 19.7. The monoisotopic (exact) mass is 602 g/mol. The van der Waals surface area contributed by atoms with Crippen LogP contribution in [0, 0.1) is 0 Å². The highest BCUT2D eigenvalue weighted by Crippen LogP contribution is 2.49. The van der Waals surface area contributed by atoms with Gasteiger partial charge in [0, 0.05) is 63.2 Å². The van der Waals surface area contributed by atoms with Gasteiger partial charge in [-0.3, -0.25) is 9.97 Å². The van der Waals surface area contributed by atoms with Crippen LogP contribution in [0.3, 0.4) is 0 Å². The summed E-state index contributed by atoms with van der Waals surface area (Å²) in [6.07, 6.45) is 7.48. The maximum atomic E-state index is 5.45. The van der Waals surface area contributed by atoms with Crippen molar-refractivity contribution in [3.63, 3.8) is 0 Å². The van der Waals surface area contributed by atoms with Gasteiger partial charge in [-0.05, 0) is 63.7 Å². The molecule has 47 heavy (non-hydrogen) atoms. The molecule has 0 aliphatic heterocycles. The maximum absolute atomic E-state index is 5.45. The minimum Gasteiger partial charge on any atom is -0.264 e. The van der Waals surface area contributed by atoms with Crippen LogP contribution in [-0.4, -0.2) is 19.9 Å². The number of hydrogen-bond donors (Lipinski definition) is 0. The van der Waals surface area contributed by atoms with Crippen LogP contribution >= 0.6 is 0 Å². The van der Waals surface area contributed by atoms with Gasteiger partial charge in [-0.1, -0.05) is 105 Å². The van der Waals surface area contributed by atoms with E-state index in [1.165, 1.54) is 22.3 Å². The summed E-state index contributed by atoms with van der Waals surface area (Å²) in [6.45, 7) is 4.64. The number of fused-ring (bicyclic) bond motifs is 6. The molecule has 0 fully saturated rings. The molecule has 8 aromatic rings. The van der Waals surface area contributed by atoms with Crippen molar-refractivity contribution in [1.82, 2.24) is 19.9 Å². The van der Waals surface area contributed by atoms with Gasteiger partial charge in [-0.15, -0.1) is 0 Å². The van der Waals surface area contributed by atoms with E-state index in [4.69, 9.17) is 9.97 Å². The summed E-state index contributed by atoms with van der Waals surface area (Å²) in [5.74, 6) is 0. The molecule has 0 atom stereocenters. The van der Waals surface area contributed by atoms with Gasteiger partial charge in [0.2, 0.25) is 0 Å². The van der Waals surface area contributed by atoms with Gasteiger partial charge in [-0.2, -0.15) is 0 Å². The highest BCUT2D eigenvalue weighted by molar-refractivity contribution is 6.13. The highest BCUT2D eigenvalue weighted by Gasteiger charge is 2.35. The number of nitrogens with zero attached hydrogens (tertiary/aromatic N) is 4. The van der Waals surface area contributed by atoms with E-state index in [2.05, 4.69) is 127 Å². The first-order valence-electron chi connectivity index (χ1n) is 16.0. The summed E-state index contributed by atoms with van der Waals surface area (Å²) in [5, 5.41) is 2.08. The first-order chi connectivity index (χ1) is 23.1. The number of pyridine rings is 4. The van der Waals surface area contributed by atoms with E-state index in [0.717, 1.165) is 66.6 Å². The number of aromatic nitrogens is 4. The summed E-state index contributed by atoms with van der Waals surface area (Å²) in [7, 11) is 0. The smallest absolute Gasteiger partial charge is 0.0978 e. The van der Waals surface area contributed by atoms with Crippen LogP contribution in [0.25, 0.3) is 77.7 Å². The summed E-state index contributed by atoms with van der Waals surface area (Å²) in [5.41, 5.74) is 15.1. The molecule has 0 bridgehead atoms. The Hall–Kier alpha value is -6.00. The van der Waals surface area contributed by atoms with E-state index in [1.807, 2.05) is 43.0 Å². The lowest BCUT2D eigenvalue weighted by Gasteiger charge is -2.22. The van der Waals surface area contributed by atoms with E-state index < -0.39 is 0 Å². The molecule has 9 rings (SSSR count). The molecule has 0 unspecified atom stereocenters. The van der Waals surface area contributed by atoms with Crippen LogP contribution in [0.4, 0.5) is 0 Å². The van der Waals surface area contributed by atoms with Crippen LogP contribution in [0.2, 0.25) is 0 Å². The van der Waals surface area contributed by atoms with Gasteiger partial charge in [0.25, 0.3) is 0 Å². The Morgan fingerprint density at radius 3 is 1.60 bits per heavy atom. The van der Waals surface area contributed by atoms with E-state index in [0.29, 0.717) is 0 Å². The quantitative estimate of drug-likeness (QED) is 0.188. The topological polar surface area (TPSA) is 51.6 Å². The highest BCUT2D eigenvalue weighted by atomic mass is 14.8. The van der Waals surface area contributed by atoms with Crippen molar-refractivity contribution in [2.24, 2.45) is 0 Å². The zero-order chi connectivity index (χ0) is 31.5. The molecule has 4 heterocycles. The van der Waals surface area contributed by atoms with Gasteiger partial charge in [0.1, 0.15) is 0 Å². The fraction of sp³-hybridized carbons (Fsp3) is 0.0698. The molecule has 4 nitrogen and oxygen atoms in total. The van der Waals surface area contributed by atoms with Crippen molar-refractivity contribution in [2.75, 3.05) is 0 Å². The third kappa shape index (κ3) is 4.37. The molecule has 0 saturated carbocycles. The van der Waals surface area contributed by atoms with Gasteiger partial charge in [0.15, 0.2) is 0 Å². The Labute approximate surface area is 273 Å².